The molecular weight excluding hydrogens is 242 g/mol. The van der Waals surface area contributed by atoms with Gasteiger partial charge in [0, 0.05) is 12.5 Å². The molecule has 2 saturated carbocycles. The molecule has 0 saturated heterocycles. The fourth-order valence-electron chi connectivity index (χ4n) is 3.37. The highest BCUT2D eigenvalue weighted by atomic mass is 16.4. The van der Waals surface area contributed by atoms with E-state index in [-0.39, 0.29) is 17.7 Å². The van der Waals surface area contributed by atoms with Crippen molar-refractivity contribution in [2.24, 2.45) is 23.7 Å². The summed E-state index contributed by atoms with van der Waals surface area (Å²) in [6.45, 7) is 3.07. The maximum atomic E-state index is 12.0. The number of rotatable bonds is 4. The zero-order valence-electron chi connectivity index (χ0n) is 11.7. The van der Waals surface area contributed by atoms with E-state index in [4.69, 9.17) is 5.11 Å². The maximum Gasteiger partial charge on any atom is 0.306 e. The van der Waals surface area contributed by atoms with Crippen LogP contribution in [0.25, 0.3) is 0 Å². The van der Waals surface area contributed by atoms with E-state index in [1.165, 1.54) is 25.7 Å². The average molecular weight is 267 g/mol. The molecule has 1 amide bonds. The van der Waals surface area contributed by atoms with E-state index in [1.807, 2.05) is 0 Å². The molecule has 0 bridgehead atoms. The van der Waals surface area contributed by atoms with Gasteiger partial charge >= 0.3 is 5.97 Å². The van der Waals surface area contributed by atoms with Crippen molar-refractivity contribution in [3.05, 3.63) is 0 Å². The van der Waals surface area contributed by atoms with Gasteiger partial charge in [0.2, 0.25) is 5.91 Å². The van der Waals surface area contributed by atoms with Gasteiger partial charge in [0.1, 0.15) is 0 Å². The molecule has 0 aromatic carbocycles. The molecule has 0 aliphatic heterocycles. The van der Waals surface area contributed by atoms with Gasteiger partial charge in [-0.1, -0.05) is 19.8 Å². The molecule has 0 spiro atoms. The van der Waals surface area contributed by atoms with Crippen LogP contribution in [0.1, 0.15) is 51.9 Å². The molecule has 2 atom stereocenters. The normalized spacial score (nSPS) is 35.0. The molecule has 2 rings (SSSR count). The molecule has 2 fully saturated rings. The first-order valence-electron chi connectivity index (χ1n) is 7.56. The Labute approximate surface area is 115 Å². The summed E-state index contributed by atoms with van der Waals surface area (Å²) in [5, 5.41) is 12.0. The van der Waals surface area contributed by atoms with Crippen molar-refractivity contribution in [1.29, 1.82) is 0 Å². The third kappa shape index (κ3) is 3.95. The molecule has 0 heterocycles. The van der Waals surface area contributed by atoms with Crippen LogP contribution in [0, 0.1) is 23.7 Å². The number of nitrogens with one attached hydrogen (secondary N) is 1. The Morgan fingerprint density at radius 3 is 2.26 bits per heavy atom. The average Bonchev–Trinajstić information content (AvgIpc) is 2.87. The van der Waals surface area contributed by atoms with Gasteiger partial charge in [-0.2, -0.15) is 0 Å². The Balaban J connectivity index is 1.69. The third-order valence-electron chi connectivity index (χ3n) is 4.85. The first-order valence-corrected chi connectivity index (χ1v) is 7.56. The quantitative estimate of drug-likeness (QED) is 0.822. The first kappa shape index (κ1) is 14.4. The van der Waals surface area contributed by atoms with E-state index >= 15 is 0 Å². The van der Waals surface area contributed by atoms with Crippen LogP contribution in [0.4, 0.5) is 0 Å². The molecule has 2 aliphatic carbocycles. The van der Waals surface area contributed by atoms with E-state index in [1.54, 1.807) is 0 Å². The SMILES string of the molecule is CC1CCC(CNC(=O)[C@@H]2CC[C@H](C(=O)O)C2)CC1. The largest absolute Gasteiger partial charge is 0.481 e. The monoisotopic (exact) mass is 267 g/mol. The molecule has 0 aromatic heterocycles. The highest BCUT2D eigenvalue weighted by Crippen LogP contribution is 2.31. The fourth-order valence-corrected chi connectivity index (χ4v) is 3.37. The van der Waals surface area contributed by atoms with Gasteiger partial charge in [-0.15, -0.1) is 0 Å². The molecule has 108 valence electrons. The molecular formula is C15H25NO3. The van der Waals surface area contributed by atoms with Crippen molar-refractivity contribution in [2.75, 3.05) is 6.54 Å². The molecule has 2 N–H and O–H groups in total. The lowest BCUT2D eigenvalue weighted by atomic mass is 9.83. The number of hydrogen-bond donors (Lipinski definition) is 2. The minimum absolute atomic E-state index is 0.0716. The molecule has 19 heavy (non-hydrogen) atoms. The van der Waals surface area contributed by atoms with Crippen LogP contribution in [0.3, 0.4) is 0 Å². The standard InChI is InChI=1S/C15H25NO3/c1-10-2-4-11(5-3-10)9-16-14(17)12-6-7-13(8-12)15(18)19/h10-13H,2-9H2,1H3,(H,16,17)(H,18,19)/t10?,11?,12-,13+/m1/s1. The van der Waals surface area contributed by atoms with E-state index in [0.29, 0.717) is 18.8 Å². The van der Waals surface area contributed by atoms with Crippen molar-refractivity contribution in [3.8, 4) is 0 Å². The van der Waals surface area contributed by atoms with Crippen molar-refractivity contribution in [2.45, 2.75) is 51.9 Å². The second kappa shape index (κ2) is 6.40. The predicted molar refractivity (Wildman–Crippen MR) is 72.6 cm³/mol. The van der Waals surface area contributed by atoms with Crippen molar-refractivity contribution >= 4 is 11.9 Å². The molecule has 0 aromatic rings. The van der Waals surface area contributed by atoms with E-state index < -0.39 is 5.97 Å². The number of carboxylic acid groups (broad SMARTS) is 1. The van der Waals surface area contributed by atoms with Gasteiger partial charge in [-0.05, 0) is 43.9 Å². The summed E-state index contributed by atoms with van der Waals surface area (Å²) in [5.74, 6) is 0.378. The Hall–Kier alpha value is -1.06. The minimum Gasteiger partial charge on any atom is -0.481 e. The van der Waals surface area contributed by atoms with E-state index in [2.05, 4.69) is 12.2 Å². The second-order valence-corrected chi connectivity index (χ2v) is 6.42. The number of hydrogen-bond acceptors (Lipinski definition) is 2. The number of carbonyl (C=O) groups excluding carboxylic acids is 1. The Morgan fingerprint density at radius 1 is 1.05 bits per heavy atom. The lowest BCUT2D eigenvalue weighted by molar-refractivity contribution is -0.141. The number of amides is 1. The van der Waals surface area contributed by atoms with Gasteiger partial charge in [-0.25, -0.2) is 0 Å². The first-order chi connectivity index (χ1) is 9.06. The van der Waals surface area contributed by atoms with E-state index in [0.717, 1.165) is 18.9 Å². The van der Waals surface area contributed by atoms with Crippen LogP contribution in [-0.2, 0) is 9.59 Å². The van der Waals surface area contributed by atoms with Crippen LogP contribution in [0.15, 0.2) is 0 Å². The highest BCUT2D eigenvalue weighted by molar-refractivity contribution is 5.80. The van der Waals surface area contributed by atoms with Crippen LogP contribution in [-0.4, -0.2) is 23.5 Å². The summed E-state index contributed by atoms with van der Waals surface area (Å²) in [4.78, 5) is 22.9. The number of aliphatic carboxylic acids is 1. The summed E-state index contributed by atoms with van der Waals surface area (Å²) in [7, 11) is 0. The van der Waals surface area contributed by atoms with Gasteiger partial charge in [0.25, 0.3) is 0 Å². The second-order valence-electron chi connectivity index (χ2n) is 6.42. The molecule has 0 unspecified atom stereocenters. The van der Waals surface area contributed by atoms with Crippen LogP contribution in [0.5, 0.6) is 0 Å². The summed E-state index contributed by atoms with van der Waals surface area (Å²) < 4.78 is 0. The smallest absolute Gasteiger partial charge is 0.306 e. The molecule has 0 radical (unpaired) electrons. The van der Waals surface area contributed by atoms with Crippen molar-refractivity contribution in [3.63, 3.8) is 0 Å². The maximum absolute atomic E-state index is 12.0. The molecule has 4 heteroatoms. The van der Waals surface area contributed by atoms with Gasteiger partial charge in [-0.3, -0.25) is 9.59 Å². The van der Waals surface area contributed by atoms with E-state index in [9.17, 15) is 9.59 Å². The fraction of sp³-hybridized carbons (Fsp3) is 0.867. The van der Waals surface area contributed by atoms with Gasteiger partial charge in [0.05, 0.1) is 5.92 Å². The lowest BCUT2D eigenvalue weighted by Gasteiger charge is -2.26. The molecule has 2 aliphatic rings. The topological polar surface area (TPSA) is 66.4 Å². The Morgan fingerprint density at radius 2 is 1.68 bits per heavy atom. The highest BCUT2D eigenvalue weighted by Gasteiger charge is 2.33. The summed E-state index contributed by atoms with van der Waals surface area (Å²) >= 11 is 0. The van der Waals surface area contributed by atoms with Gasteiger partial charge < -0.3 is 10.4 Å². The number of carbonyl (C=O) groups is 2. The summed E-state index contributed by atoms with van der Waals surface area (Å²) in [5.41, 5.74) is 0. The van der Waals surface area contributed by atoms with Crippen LogP contribution in [0.2, 0.25) is 0 Å². The zero-order chi connectivity index (χ0) is 13.8. The predicted octanol–water partition coefficient (Wildman–Crippen LogP) is 2.43. The third-order valence-corrected chi connectivity index (χ3v) is 4.85. The van der Waals surface area contributed by atoms with Crippen LogP contribution >= 0.6 is 0 Å². The number of carboxylic acids is 1. The van der Waals surface area contributed by atoms with Crippen molar-refractivity contribution < 1.29 is 14.7 Å². The minimum atomic E-state index is -0.753. The van der Waals surface area contributed by atoms with Gasteiger partial charge in [0.15, 0.2) is 0 Å². The van der Waals surface area contributed by atoms with Crippen LogP contribution < -0.4 is 5.32 Å². The molecule has 4 nitrogen and oxygen atoms in total. The Kier molecular flexibility index (Phi) is 4.83. The summed E-state index contributed by atoms with van der Waals surface area (Å²) in [6.07, 6.45) is 6.85. The summed E-state index contributed by atoms with van der Waals surface area (Å²) in [6, 6.07) is 0. The lowest BCUT2D eigenvalue weighted by Crippen LogP contribution is -2.34. The zero-order valence-corrected chi connectivity index (χ0v) is 11.7. The Bertz CT molecular complexity index is 334. The van der Waals surface area contributed by atoms with Crippen molar-refractivity contribution in [1.82, 2.24) is 5.32 Å².